The minimum absolute atomic E-state index is 0.184. The fraction of sp³-hybridized carbons (Fsp3) is 0.348. The number of anilines is 1. The van der Waals surface area contributed by atoms with E-state index >= 15 is 0 Å². The van der Waals surface area contributed by atoms with Crippen molar-refractivity contribution in [3.05, 3.63) is 81.3 Å². The highest BCUT2D eigenvalue weighted by molar-refractivity contribution is 6.36. The quantitative estimate of drug-likeness (QED) is 0.450. The van der Waals surface area contributed by atoms with Gasteiger partial charge in [-0.1, -0.05) is 53.9 Å². The molecule has 2 aromatic carbocycles. The molecule has 0 spiro atoms. The second kappa shape index (κ2) is 9.61. The number of aryl methyl sites for hydroxylation is 1. The first-order chi connectivity index (χ1) is 14.5. The largest absolute Gasteiger partial charge is 0.361 e. The van der Waals surface area contributed by atoms with Crippen molar-refractivity contribution in [2.75, 3.05) is 31.1 Å². The second-order valence-electron chi connectivity index (χ2n) is 7.61. The zero-order valence-electron chi connectivity index (χ0n) is 16.9. The SMILES string of the molecule is CCc1cn(CCN2CCN(c3ccc(Cl)cc3Cl)[C@H](c3ccc(Cl)cc3)C2)cn1. The molecule has 2 heterocycles. The number of hydrogen-bond acceptors (Lipinski definition) is 3. The molecule has 1 aliphatic rings. The topological polar surface area (TPSA) is 24.3 Å². The van der Waals surface area contributed by atoms with Crippen LogP contribution in [0.1, 0.15) is 24.2 Å². The van der Waals surface area contributed by atoms with Crippen LogP contribution in [-0.2, 0) is 13.0 Å². The van der Waals surface area contributed by atoms with Gasteiger partial charge in [0.15, 0.2) is 0 Å². The Bertz CT molecular complexity index is 986. The van der Waals surface area contributed by atoms with Gasteiger partial charge < -0.3 is 9.47 Å². The maximum Gasteiger partial charge on any atom is 0.0949 e. The van der Waals surface area contributed by atoms with E-state index in [2.05, 4.69) is 44.6 Å². The standard InChI is InChI=1S/C23H25Cl3N4/c1-2-20-14-29(16-27-20)10-9-28-11-12-30(22-8-7-19(25)13-21(22)26)23(15-28)17-3-5-18(24)6-4-17/h3-8,13-14,16,23H,2,9-12,15H2,1H3/t23-/m0/s1. The van der Waals surface area contributed by atoms with Crippen LogP contribution in [0.5, 0.6) is 0 Å². The maximum atomic E-state index is 6.56. The van der Waals surface area contributed by atoms with Gasteiger partial charge >= 0.3 is 0 Å². The van der Waals surface area contributed by atoms with Gasteiger partial charge in [-0.25, -0.2) is 4.98 Å². The summed E-state index contributed by atoms with van der Waals surface area (Å²) >= 11 is 18.8. The summed E-state index contributed by atoms with van der Waals surface area (Å²) in [6, 6.07) is 14.0. The lowest BCUT2D eigenvalue weighted by Crippen LogP contribution is -2.49. The minimum atomic E-state index is 0.184. The van der Waals surface area contributed by atoms with Gasteiger partial charge in [0.25, 0.3) is 0 Å². The van der Waals surface area contributed by atoms with Gasteiger partial charge in [-0.2, -0.15) is 0 Å². The highest BCUT2D eigenvalue weighted by atomic mass is 35.5. The Kier molecular flexibility index (Phi) is 6.89. The molecule has 0 N–H and O–H groups in total. The Balaban J connectivity index is 1.54. The average Bonchev–Trinajstić information content (AvgIpc) is 3.21. The average molecular weight is 464 g/mol. The van der Waals surface area contributed by atoms with Crippen LogP contribution in [0.25, 0.3) is 0 Å². The van der Waals surface area contributed by atoms with Crippen molar-refractivity contribution in [2.24, 2.45) is 0 Å². The Morgan fingerprint density at radius 3 is 2.43 bits per heavy atom. The number of imidazole rings is 1. The van der Waals surface area contributed by atoms with Gasteiger partial charge in [0, 0.05) is 49.0 Å². The summed E-state index contributed by atoms with van der Waals surface area (Å²) in [6.07, 6.45) is 5.03. The van der Waals surface area contributed by atoms with Gasteiger partial charge in [0.2, 0.25) is 0 Å². The molecule has 1 saturated heterocycles. The molecule has 0 aliphatic carbocycles. The summed E-state index contributed by atoms with van der Waals surface area (Å²) < 4.78 is 2.18. The summed E-state index contributed by atoms with van der Waals surface area (Å²) in [5.74, 6) is 0. The number of hydrogen-bond donors (Lipinski definition) is 0. The lowest BCUT2D eigenvalue weighted by molar-refractivity contribution is 0.215. The molecule has 1 aromatic heterocycles. The van der Waals surface area contributed by atoms with E-state index in [-0.39, 0.29) is 6.04 Å². The zero-order valence-corrected chi connectivity index (χ0v) is 19.2. The summed E-state index contributed by atoms with van der Waals surface area (Å²) in [4.78, 5) is 9.32. The number of benzene rings is 2. The van der Waals surface area contributed by atoms with Crippen LogP contribution in [0.3, 0.4) is 0 Å². The minimum Gasteiger partial charge on any atom is -0.361 e. The third-order valence-corrected chi connectivity index (χ3v) is 6.45. The first-order valence-electron chi connectivity index (χ1n) is 10.2. The van der Waals surface area contributed by atoms with Crippen molar-refractivity contribution in [2.45, 2.75) is 25.9 Å². The van der Waals surface area contributed by atoms with Crippen LogP contribution in [0, 0.1) is 0 Å². The highest BCUT2D eigenvalue weighted by Gasteiger charge is 2.29. The molecular formula is C23H25Cl3N4. The Morgan fingerprint density at radius 1 is 0.967 bits per heavy atom. The predicted octanol–water partition coefficient (Wildman–Crippen LogP) is 5.97. The van der Waals surface area contributed by atoms with Crippen LogP contribution < -0.4 is 4.90 Å². The summed E-state index contributed by atoms with van der Waals surface area (Å²) in [7, 11) is 0. The first-order valence-corrected chi connectivity index (χ1v) is 11.4. The van der Waals surface area contributed by atoms with Crippen molar-refractivity contribution < 1.29 is 0 Å². The molecule has 3 aromatic rings. The predicted molar refractivity (Wildman–Crippen MR) is 126 cm³/mol. The van der Waals surface area contributed by atoms with Gasteiger partial charge in [-0.15, -0.1) is 0 Å². The first kappa shape index (κ1) is 21.5. The van der Waals surface area contributed by atoms with Gasteiger partial charge in [0.05, 0.1) is 28.8 Å². The molecule has 4 rings (SSSR count). The number of nitrogens with zero attached hydrogens (tertiary/aromatic N) is 4. The number of halogens is 3. The highest BCUT2D eigenvalue weighted by Crippen LogP contribution is 2.36. The molecule has 4 nitrogen and oxygen atoms in total. The van der Waals surface area contributed by atoms with Crippen molar-refractivity contribution >= 4 is 40.5 Å². The Hall–Kier alpha value is -1.72. The van der Waals surface area contributed by atoms with E-state index in [0.717, 1.165) is 55.5 Å². The molecule has 158 valence electrons. The molecule has 1 atom stereocenters. The molecule has 30 heavy (non-hydrogen) atoms. The van der Waals surface area contributed by atoms with Crippen molar-refractivity contribution in [3.63, 3.8) is 0 Å². The number of rotatable bonds is 6. The Labute approximate surface area is 193 Å². The fourth-order valence-corrected chi connectivity index (χ4v) is 4.63. The Morgan fingerprint density at radius 2 is 1.73 bits per heavy atom. The number of aromatic nitrogens is 2. The third-order valence-electron chi connectivity index (χ3n) is 5.66. The molecule has 0 bridgehead atoms. The lowest BCUT2D eigenvalue weighted by atomic mass is 10.0. The summed E-state index contributed by atoms with van der Waals surface area (Å²) in [5.41, 5.74) is 3.38. The normalized spacial score (nSPS) is 17.5. The van der Waals surface area contributed by atoms with Crippen LogP contribution in [0.2, 0.25) is 15.1 Å². The van der Waals surface area contributed by atoms with Crippen LogP contribution in [-0.4, -0.2) is 40.6 Å². The second-order valence-corrected chi connectivity index (χ2v) is 8.89. The molecule has 0 radical (unpaired) electrons. The van der Waals surface area contributed by atoms with E-state index in [1.165, 1.54) is 5.56 Å². The van der Waals surface area contributed by atoms with E-state index in [4.69, 9.17) is 34.8 Å². The van der Waals surface area contributed by atoms with Crippen LogP contribution >= 0.6 is 34.8 Å². The lowest BCUT2D eigenvalue weighted by Gasteiger charge is -2.43. The van der Waals surface area contributed by atoms with Crippen molar-refractivity contribution in [3.8, 4) is 0 Å². The molecule has 1 fully saturated rings. The smallest absolute Gasteiger partial charge is 0.0949 e. The molecule has 0 unspecified atom stereocenters. The fourth-order valence-electron chi connectivity index (χ4n) is 3.98. The number of piperazine rings is 1. The van der Waals surface area contributed by atoms with Crippen molar-refractivity contribution in [1.29, 1.82) is 0 Å². The summed E-state index contributed by atoms with van der Waals surface area (Å²) in [5, 5.41) is 2.08. The van der Waals surface area contributed by atoms with Gasteiger partial charge in [-0.3, -0.25) is 4.90 Å². The molecule has 0 amide bonds. The van der Waals surface area contributed by atoms with Crippen LogP contribution in [0.15, 0.2) is 55.0 Å². The molecule has 0 saturated carbocycles. The van der Waals surface area contributed by atoms with E-state index in [1.807, 2.05) is 36.7 Å². The monoisotopic (exact) mass is 462 g/mol. The van der Waals surface area contributed by atoms with Crippen molar-refractivity contribution in [1.82, 2.24) is 14.5 Å². The van der Waals surface area contributed by atoms with E-state index in [9.17, 15) is 0 Å². The van der Waals surface area contributed by atoms with E-state index in [1.54, 1.807) is 0 Å². The van der Waals surface area contributed by atoms with Gasteiger partial charge in [0.1, 0.15) is 0 Å². The zero-order chi connectivity index (χ0) is 21.1. The molecule has 7 heteroatoms. The van der Waals surface area contributed by atoms with Crippen LogP contribution in [0.4, 0.5) is 5.69 Å². The van der Waals surface area contributed by atoms with E-state index < -0.39 is 0 Å². The van der Waals surface area contributed by atoms with E-state index in [0.29, 0.717) is 10.0 Å². The maximum absolute atomic E-state index is 6.56. The molecule has 1 aliphatic heterocycles. The summed E-state index contributed by atoms with van der Waals surface area (Å²) in [6.45, 7) is 6.81. The molecular weight excluding hydrogens is 439 g/mol. The van der Waals surface area contributed by atoms with Gasteiger partial charge in [-0.05, 0) is 42.3 Å². The third kappa shape index (κ3) is 4.94.